The molecule has 2 rings (SSSR count). The van der Waals surface area contributed by atoms with Gasteiger partial charge in [-0.15, -0.1) is 0 Å². The van der Waals surface area contributed by atoms with Crippen molar-refractivity contribution < 1.29 is 13.6 Å². The summed E-state index contributed by atoms with van der Waals surface area (Å²) < 4.78 is 27.9. The molecule has 0 N–H and O–H groups in total. The third-order valence-corrected chi connectivity index (χ3v) is 3.88. The summed E-state index contributed by atoms with van der Waals surface area (Å²) in [6, 6.07) is 2.23. The summed E-state index contributed by atoms with van der Waals surface area (Å²) in [6.45, 7) is 5.60. The summed E-state index contributed by atoms with van der Waals surface area (Å²) in [5.74, 6) is -2.21. The fourth-order valence-electron chi connectivity index (χ4n) is 2.40. The molecule has 1 heterocycles. The van der Waals surface area contributed by atoms with Crippen molar-refractivity contribution in [3.63, 3.8) is 0 Å². The number of hydrogen-bond acceptors (Lipinski definition) is 2. The molecule has 3 nitrogen and oxygen atoms in total. The first-order valence-electron chi connectivity index (χ1n) is 6.69. The molecule has 6 heteroatoms. The van der Waals surface area contributed by atoms with Crippen LogP contribution in [0.4, 0.5) is 8.78 Å². The number of carbonyl (C=O) groups excluding carboxylic acids is 1. The molecule has 1 fully saturated rings. The average Bonchev–Trinajstić information content (AvgIpc) is 2.38. The van der Waals surface area contributed by atoms with Crippen LogP contribution in [-0.4, -0.2) is 48.4 Å². The van der Waals surface area contributed by atoms with Crippen molar-refractivity contribution in [2.45, 2.75) is 13.3 Å². The predicted molar refractivity (Wildman–Crippen MR) is 76.7 cm³/mol. The van der Waals surface area contributed by atoms with Crippen molar-refractivity contribution in [1.82, 2.24) is 9.80 Å². The van der Waals surface area contributed by atoms with Gasteiger partial charge < -0.3 is 4.90 Å². The first kappa shape index (κ1) is 15.4. The maximum atomic E-state index is 13.8. The molecule has 0 aliphatic carbocycles. The molecular formula is C14H17BrF2N2O. The molecule has 1 aromatic rings. The van der Waals surface area contributed by atoms with Gasteiger partial charge in [-0.25, -0.2) is 8.78 Å². The standard InChI is InChI=1S/C14H17BrF2N2O/c1-2-3-18-4-6-19(7-5-18)14(20)13-11(16)8-10(15)9-12(13)17/h8-9H,2-7H2,1H3. The van der Waals surface area contributed by atoms with Gasteiger partial charge in [0.05, 0.1) is 0 Å². The van der Waals surface area contributed by atoms with Crippen LogP contribution in [0.25, 0.3) is 0 Å². The fraction of sp³-hybridized carbons (Fsp3) is 0.500. The van der Waals surface area contributed by atoms with Gasteiger partial charge in [0.1, 0.15) is 17.2 Å². The Morgan fingerprint density at radius 3 is 2.25 bits per heavy atom. The summed E-state index contributed by atoms with van der Waals surface area (Å²) in [7, 11) is 0. The topological polar surface area (TPSA) is 23.6 Å². The second-order valence-corrected chi connectivity index (χ2v) is 5.79. The summed E-state index contributed by atoms with van der Waals surface area (Å²) >= 11 is 3.01. The smallest absolute Gasteiger partial charge is 0.259 e. The number of rotatable bonds is 3. The van der Waals surface area contributed by atoms with Gasteiger partial charge in [-0.1, -0.05) is 22.9 Å². The van der Waals surface area contributed by atoms with E-state index in [9.17, 15) is 13.6 Å². The van der Waals surface area contributed by atoms with Crippen LogP contribution >= 0.6 is 15.9 Å². The maximum absolute atomic E-state index is 13.8. The lowest BCUT2D eigenvalue weighted by molar-refractivity contribution is 0.0628. The SMILES string of the molecule is CCCN1CCN(C(=O)c2c(F)cc(Br)cc2F)CC1. The lowest BCUT2D eigenvalue weighted by Crippen LogP contribution is -2.49. The van der Waals surface area contributed by atoms with Gasteiger partial charge in [-0.3, -0.25) is 9.69 Å². The maximum Gasteiger partial charge on any atom is 0.259 e. The Morgan fingerprint density at radius 1 is 1.20 bits per heavy atom. The molecule has 0 atom stereocenters. The van der Waals surface area contributed by atoms with Crippen molar-refractivity contribution in [2.24, 2.45) is 0 Å². The molecule has 0 unspecified atom stereocenters. The number of amides is 1. The average molecular weight is 347 g/mol. The number of halogens is 3. The van der Waals surface area contributed by atoms with Crippen molar-refractivity contribution in [2.75, 3.05) is 32.7 Å². The number of carbonyl (C=O) groups is 1. The van der Waals surface area contributed by atoms with Gasteiger partial charge >= 0.3 is 0 Å². The number of nitrogens with zero attached hydrogens (tertiary/aromatic N) is 2. The van der Waals surface area contributed by atoms with E-state index in [4.69, 9.17) is 0 Å². The van der Waals surface area contributed by atoms with E-state index in [1.165, 1.54) is 4.90 Å². The zero-order chi connectivity index (χ0) is 14.7. The van der Waals surface area contributed by atoms with E-state index in [-0.39, 0.29) is 4.47 Å². The van der Waals surface area contributed by atoms with Crippen LogP contribution in [-0.2, 0) is 0 Å². The van der Waals surface area contributed by atoms with E-state index >= 15 is 0 Å². The first-order valence-corrected chi connectivity index (χ1v) is 7.48. The van der Waals surface area contributed by atoms with E-state index in [1.807, 2.05) is 0 Å². The predicted octanol–water partition coefficient (Wildman–Crippen LogP) is 2.90. The Labute approximate surface area is 125 Å². The number of piperazine rings is 1. The van der Waals surface area contributed by atoms with Crippen LogP contribution in [0.15, 0.2) is 16.6 Å². The highest BCUT2D eigenvalue weighted by Gasteiger charge is 2.26. The minimum Gasteiger partial charge on any atom is -0.336 e. The molecule has 0 saturated carbocycles. The van der Waals surface area contributed by atoms with E-state index in [0.29, 0.717) is 13.1 Å². The van der Waals surface area contributed by atoms with E-state index in [0.717, 1.165) is 38.2 Å². The molecule has 1 amide bonds. The fourth-order valence-corrected chi connectivity index (χ4v) is 2.80. The molecule has 0 bridgehead atoms. The normalized spacial score (nSPS) is 16.5. The Balaban J connectivity index is 2.10. The quantitative estimate of drug-likeness (QED) is 0.840. The number of hydrogen-bond donors (Lipinski definition) is 0. The molecule has 1 aromatic carbocycles. The van der Waals surface area contributed by atoms with E-state index < -0.39 is 23.1 Å². The van der Waals surface area contributed by atoms with Crippen molar-refractivity contribution >= 4 is 21.8 Å². The van der Waals surface area contributed by atoms with Gasteiger partial charge in [0, 0.05) is 30.7 Å². The largest absolute Gasteiger partial charge is 0.336 e. The summed E-state index contributed by atoms with van der Waals surface area (Å²) in [5.41, 5.74) is -0.461. The Bertz CT molecular complexity index is 479. The van der Waals surface area contributed by atoms with Crippen LogP contribution < -0.4 is 0 Å². The van der Waals surface area contributed by atoms with Crippen LogP contribution in [0, 0.1) is 11.6 Å². The lowest BCUT2D eigenvalue weighted by Gasteiger charge is -2.34. The minimum absolute atomic E-state index is 0.289. The Morgan fingerprint density at radius 2 is 1.75 bits per heavy atom. The number of benzene rings is 1. The molecular weight excluding hydrogens is 330 g/mol. The minimum atomic E-state index is -0.821. The molecule has 20 heavy (non-hydrogen) atoms. The second kappa shape index (κ2) is 6.63. The summed E-state index contributed by atoms with van der Waals surface area (Å²) in [4.78, 5) is 16.0. The highest BCUT2D eigenvalue weighted by Crippen LogP contribution is 2.21. The molecule has 1 aliphatic rings. The Hall–Kier alpha value is -1.01. The molecule has 0 spiro atoms. The van der Waals surface area contributed by atoms with Gasteiger partial charge in [0.2, 0.25) is 0 Å². The van der Waals surface area contributed by atoms with E-state index in [2.05, 4.69) is 27.8 Å². The van der Waals surface area contributed by atoms with Gasteiger partial charge in [-0.2, -0.15) is 0 Å². The lowest BCUT2D eigenvalue weighted by atomic mass is 10.1. The van der Waals surface area contributed by atoms with Gasteiger partial charge in [0.25, 0.3) is 5.91 Å². The van der Waals surface area contributed by atoms with Crippen LogP contribution in [0.3, 0.4) is 0 Å². The summed E-state index contributed by atoms with van der Waals surface area (Å²) in [5, 5.41) is 0. The highest BCUT2D eigenvalue weighted by molar-refractivity contribution is 9.10. The third-order valence-electron chi connectivity index (χ3n) is 3.42. The van der Waals surface area contributed by atoms with Crippen molar-refractivity contribution in [1.29, 1.82) is 0 Å². The van der Waals surface area contributed by atoms with Crippen LogP contribution in [0.2, 0.25) is 0 Å². The van der Waals surface area contributed by atoms with Crippen LogP contribution in [0.5, 0.6) is 0 Å². The zero-order valence-corrected chi connectivity index (χ0v) is 12.9. The van der Waals surface area contributed by atoms with Gasteiger partial charge in [-0.05, 0) is 25.1 Å². The zero-order valence-electron chi connectivity index (χ0n) is 11.3. The molecule has 1 saturated heterocycles. The summed E-state index contributed by atoms with van der Waals surface area (Å²) in [6.07, 6.45) is 1.06. The Kier molecular flexibility index (Phi) is 5.10. The van der Waals surface area contributed by atoms with E-state index in [1.54, 1.807) is 0 Å². The molecule has 0 aromatic heterocycles. The molecule has 110 valence electrons. The molecule has 0 radical (unpaired) electrons. The second-order valence-electron chi connectivity index (χ2n) is 4.88. The monoisotopic (exact) mass is 346 g/mol. The van der Waals surface area contributed by atoms with Crippen LogP contribution in [0.1, 0.15) is 23.7 Å². The van der Waals surface area contributed by atoms with Gasteiger partial charge in [0.15, 0.2) is 0 Å². The third kappa shape index (κ3) is 3.35. The highest BCUT2D eigenvalue weighted by atomic mass is 79.9. The molecule has 1 aliphatic heterocycles. The van der Waals surface area contributed by atoms with Crippen molar-refractivity contribution in [3.05, 3.63) is 33.8 Å². The first-order chi connectivity index (χ1) is 9.52. The van der Waals surface area contributed by atoms with Crippen molar-refractivity contribution in [3.8, 4) is 0 Å².